The van der Waals surface area contributed by atoms with Crippen molar-refractivity contribution in [2.45, 2.75) is 5.54 Å². The molecule has 0 aliphatic heterocycles. The van der Waals surface area contributed by atoms with Gasteiger partial charge in [0.25, 0.3) is 0 Å². The van der Waals surface area contributed by atoms with Gasteiger partial charge in [0.2, 0.25) is 0 Å². The molecule has 1 unspecified atom stereocenters. The highest BCUT2D eigenvalue weighted by molar-refractivity contribution is 6.30. The first kappa shape index (κ1) is 19.7. The number of fused-ring (bicyclic) bond motifs is 3. The van der Waals surface area contributed by atoms with Crippen LogP contribution < -0.4 is 5.73 Å². The van der Waals surface area contributed by atoms with E-state index < -0.39 is 5.54 Å². The van der Waals surface area contributed by atoms with E-state index in [9.17, 15) is 0 Å². The largest absolute Gasteiger partial charge is 0.472 e. The average Bonchev–Trinajstić information content (AvgIpc) is 3.59. The van der Waals surface area contributed by atoms with Crippen LogP contribution >= 0.6 is 11.6 Å². The summed E-state index contributed by atoms with van der Waals surface area (Å²) in [7, 11) is 1.92. The third kappa shape index (κ3) is 2.95. The number of rotatable bonds is 4. The Morgan fingerprint density at radius 3 is 2.73 bits per heavy atom. The molecular formula is C24H18ClN7O. The molecule has 0 aliphatic carbocycles. The summed E-state index contributed by atoms with van der Waals surface area (Å²) >= 11 is 6.31. The molecule has 4 heterocycles. The quantitative estimate of drug-likeness (QED) is 0.428. The highest BCUT2D eigenvalue weighted by atomic mass is 35.5. The number of benzene rings is 2. The molecule has 6 aromatic rings. The molecule has 33 heavy (non-hydrogen) atoms. The number of aryl methyl sites for hydroxylation is 1. The lowest BCUT2D eigenvalue weighted by molar-refractivity contribution is 0.542. The van der Waals surface area contributed by atoms with Gasteiger partial charge in [-0.15, -0.1) is 5.10 Å². The number of aromatic nitrogens is 6. The Hall–Kier alpha value is -4.01. The third-order valence-corrected chi connectivity index (χ3v) is 6.31. The van der Waals surface area contributed by atoms with Gasteiger partial charge in [0.15, 0.2) is 5.65 Å². The molecule has 6 rings (SSSR count). The van der Waals surface area contributed by atoms with Gasteiger partial charge in [-0.1, -0.05) is 29.8 Å². The van der Waals surface area contributed by atoms with Crippen LogP contribution in [-0.2, 0) is 12.6 Å². The van der Waals surface area contributed by atoms with Gasteiger partial charge in [-0.25, -0.2) is 4.98 Å². The van der Waals surface area contributed by atoms with E-state index in [2.05, 4.69) is 26.6 Å². The normalized spacial score (nSPS) is 13.5. The molecule has 0 spiro atoms. The fourth-order valence-electron chi connectivity index (χ4n) is 4.43. The summed E-state index contributed by atoms with van der Waals surface area (Å²) in [4.78, 5) is 4.30. The number of halogens is 1. The Labute approximate surface area is 193 Å². The lowest BCUT2D eigenvalue weighted by atomic mass is 9.81. The Morgan fingerprint density at radius 2 is 1.97 bits per heavy atom. The van der Waals surface area contributed by atoms with Gasteiger partial charge in [-0.3, -0.25) is 0 Å². The highest BCUT2D eigenvalue weighted by Crippen LogP contribution is 2.38. The molecule has 4 aromatic heterocycles. The molecule has 0 amide bonds. The van der Waals surface area contributed by atoms with Crippen LogP contribution in [0.5, 0.6) is 0 Å². The Morgan fingerprint density at radius 1 is 1.06 bits per heavy atom. The van der Waals surface area contributed by atoms with Crippen molar-refractivity contribution in [1.29, 1.82) is 0 Å². The van der Waals surface area contributed by atoms with E-state index >= 15 is 0 Å². The molecule has 2 N–H and O–H groups in total. The summed E-state index contributed by atoms with van der Waals surface area (Å²) in [5.74, 6) is 0. The first-order valence-electron chi connectivity index (χ1n) is 10.3. The van der Waals surface area contributed by atoms with E-state index in [1.807, 2.05) is 60.1 Å². The maximum atomic E-state index is 7.16. The van der Waals surface area contributed by atoms with Crippen LogP contribution in [0.2, 0.25) is 5.02 Å². The standard InChI is InChI=1S/C24H18ClN7O/c1-31-14-27-12-22(31)24(26,17-7-8-33-13-17)16-5-6-21-20(10-16)19(11-23-28-29-30-32(21)23)15-3-2-4-18(25)9-15/h2-14H,26H2,1H3. The number of nitrogens with two attached hydrogens (primary N) is 1. The van der Waals surface area contributed by atoms with Crippen LogP contribution in [0.3, 0.4) is 0 Å². The number of pyridine rings is 1. The van der Waals surface area contributed by atoms with Crippen molar-refractivity contribution < 1.29 is 4.42 Å². The van der Waals surface area contributed by atoms with Gasteiger partial charge in [0, 0.05) is 23.0 Å². The monoisotopic (exact) mass is 455 g/mol. The lowest BCUT2D eigenvalue weighted by Crippen LogP contribution is -2.40. The predicted octanol–water partition coefficient (Wildman–Crippen LogP) is 4.18. The molecule has 0 radical (unpaired) electrons. The zero-order valence-electron chi connectivity index (χ0n) is 17.6. The summed E-state index contributed by atoms with van der Waals surface area (Å²) in [6.45, 7) is 0. The summed E-state index contributed by atoms with van der Waals surface area (Å²) in [5.41, 5.74) is 12.1. The van der Waals surface area contributed by atoms with Gasteiger partial charge in [0.1, 0.15) is 5.54 Å². The van der Waals surface area contributed by atoms with Crippen molar-refractivity contribution in [2.24, 2.45) is 12.8 Å². The summed E-state index contributed by atoms with van der Waals surface area (Å²) in [6, 6.07) is 17.6. The van der Waals surface area contributed by atoms with E-state index in [-0.39, 0.29) is 0 Å². The highest BCUT2D eigenvalue weighted by Gasteiger charge is 2.36. The van der Waals surface area contributed by atoms with Crippen molar-refractivity contribution in [3.05, 3.63) is 101 Å². The minimum Gasteiger partial charge on any atom is -0.472 e. The molecule has 1 atom stereocenters. The number of tetrazole rings is 1. The minimum atomic E-state index is -0.992. The fourth-order valence-corrected chi connectivity index (χ4v) is 4.62. The first-order chi connectivity index (χ1) is 16.1. The van der Waals surface area contributed by atoms with Crippen molar-refractivity contribution in [1.82, 2.24) is 29.6 Å². The van der Waals surface area contributed by atoms with Crippen LogP contribution in [0.15, 0.2) is 84.1 Å². The van der Waals surface area contributed by atoms with Crippen LogP contribution in [0.4, 0.5) is 0 Å². The van der Waals surface area contributed by atoms with Crippen molar-refractivity contribution in [2.75, 3.05) is 0 Å². The van der Waals surface area contributed by atoms with Crippen LogP contribution in [0, 0.1) is 0 Å². The maximum Gasteiger partial charge on any atom is 0.180 e. The summed E-state index contributed by atoms with van der Waals surface area (Å²) < 4.78 is 9.04. The Bertz CT molecular complexity index is 1620. The molecule has 0 saturated carbocycles. The molecule has 0 saturated heterocycles. The first-order valence-corrected chi connectivity index (χ1v) is 10.6. The third-order valence-electron chi connectivity index (χ3n) is 6.07. The fraction of sp³-hybridized carbons (Fsp3) is 0.0833. The number of furan rings is 1. The lowest BCUT2D eigenvalue weighted by Gasteiger charge is -2.30. The second-order valence-electron chi connectivity index (χ2n) is 7.96. The number of hydrogen-bond donors (Lipinski definition) is 1. The molecule has 2 aromatic carbocycles. The molecular weight excluding hydrogens is 438 g/mol. The van der Waals surface area contributed by atoms with E-state index in [1.165, 1.54) is 0 Å². The van der Waals surface area contributed by atoms with E-state index in [1.54, 1.807) is 29.6 Å². The topological polar surface area (TPSA) is 100 Å². The van der Waals surface area contributed by atoms with Crippen molar-refractivity contribution >= 4 is 28.2 Å². The Balaban J connectivity index is 1.69. The Kier molecular flexibility index (Phi) is 4.33. The van der Waals surface area contributed by atoms with Gasteiger partial charge >= 0.3 is 0 Å². The van der Waals surface area contributed by atoms with E-state index in [0.717, 1.165) is 38.9 Å². The van der Waals surface area contributed by atoms with Crippen LogP contribution in [0.1, 0.15) is 16.8 Å². The van der Waals surface area contributed by atoms with Gasteiger partial charge in [-0.05, 0) is 63.5 Å². The molecule has 0 aliphatic rings. The second-order valence-corrected chi connectivity index (χ2v) is 8.40. The zero-order valence-corrected chi connectivity index (χ0v) is 18.3. The molecule has 8 nitrogen and oxygen atoms in total. The van der Waals surface area contributed by atoms with Gasteiger partial charge in [-0.2, -0.15) is 4.52 Å². The maximum absolute atomic E-state index is 7.16. The van der Waals surface area contributed by atoms with Crippen molar-refractivity contribution in [3.63, 3.8) is 0 Å². The molecule has 0 fully saturated rings. The summed E-state index contributed by atoms with van der Waals surface area (Å²) in [6.07, 6.45) is 6.80. The smallest absolute Gasteiger partial charge is 0.180 e. The molecule has 9 heteroatoms. The van der Waals surface area contributed by atoms with E-state index in [0.29, 0.717) is 10.7 Å². The number of imidazole rings is 1. The van der Waals surface area contributed by atoms with Crippen molar-refractivity contribution in [3.8, 4) is 11.1 Å². The zero-order chi connectivity index (χ0) is 22.6. The predicted molar refractivity (Wildman–Crippen MR) is 125 cm³/mol. The van der Waals surface area contributed by atoms with Crippen LogP contribution in [0.25, 0.3) is 27.7 Å². The van der Waals surface area contributed by atoms with E-state index in [4.69, 9.17) is 21.8 Å². The number of hydrogen-bond acceptors (Lipinski definition) is 6. The second kappa shape index (κ2) is 7.26. The number of nitrogens with zero attached hydrogens (tertiary/aromatic N) is 6. The molecule has 162 valence electrons. The minimum absolute atomic E-state index is 0.644. The summed E-state index contributed by atoms with van der Waals surface area (Å²) in [5, 5.41) is 13.8. The molecule has 0 bridgehead atoms. The van der Waals surface area contributed by atoms with Gasteiger partial charge in [0.05, 0.1) is 36.3 Å². The SMILES string of the molecule is Cn1cncc1C(N)(c1ccoc1)c1ccc2c(c1)c(-c1cccc(Cl)c1)cc1nnnn12. The van der Waals surface area contributed by atoms with Gasteiger partial charge < -0.3 is 14.7 Å². The average molecular weight is 456 g/mol. The van der Waals surface area contributed by atoms with Crippen LogP contribution in [-0.4, -0.2) is 29.6 Å².